The van der Waals surface area contributed by atoms with Gasteiger partial charge in [0.1, 0.15) is 18.2 Å². The highest BCUT2D eigenvalue weighted by atomic mass is 16.5. The minimum atomic E-state index is -1.06. The van der Waals surface area contributed by atoms with E-state index in [0.29, 0.717) is 41.2 Å². The Morgan fingerprint density at radius 1 is 1.14 bits per heavy atom. The lowest BCUT2D eigenvalue weighted by Gasteiger charge is -2.22. The Bertz CT molecular complexity index is 1200. The van der Waals surface area contributed by atoms with Gasteiger partial charge in [-0.25, -0.2) is 4.79 Å². The van der Waals surface area contributed by atoms with Gasteiger partial charge in [0.25, 0.3) is 5.91 Å². The van der Waals surface area contributed by atoms with E-state index >= 15 is 0 Å². The van der Waals surface area contributed by atoms with E-state index in [0.717, 1.165) is 11.1 Å². The Kier molecular flexibility index (Phi) is 8.14. The van der Waals surface area contributed by atoms with E-state index in [1.54, 1.807) is 23.1 Å². The zero-order valence-electron chi connectivity index (χ0n) is 21.4. The van der Waals surface area contributed by atoms with Crippen LogP contribution in [-0.4, -0.2) is 60.3 Å². The van der Waals surface area contributed by atoms with Gasteiger partial charge in [-0.2, -0.15) is 0 Å². The third kappa shape index (κ3) is 6.09. The van der Waals surface area contributed by atoms with Crippen molar-refractivity contribution in [2.45, 2.75) is 46.3 Å². The normalized spacial score (nSPS) is 12.9. The first-order chi connectivity index (χ1) is 16.9. The van der Waals surface area contributed by atoms with Gasteiger partial charge < -0.3 is 24.8 Å². The van der Waals surface area contributed by atoms with Crippen molar-refractivity contribution in [3.63, 3.8) is 0 Å². The minimum absolute atomic E-state index is 0.0180. The van der Waals surface area contributed by atoms with Crippen molar-refractivity contribution in [1.29, 1.82) is 5.41 Å². The summed E-state index contributed by atoms with van der Waals surface area (Å²) in [5.74, 6) is -0.920. The molecular formula is C27H33N3O6. The summed E-state index contributed by atoms with van der Waals surface area (Å²) in [6.45, 7) is 8.31. The molecule has 0 aliphatic carbocycles. The van der Waals surface area contributed by atoms with E-state index in [1.165, 1.54) is 7.05 Å². The highest BCUT2D eigenvalue weighted by Gasteiger charge is 2.29. The van der Waals surface area contributed by atoms with Crippen LogP contribution in [0.15, 0.2) is 30.3 Å². The molecule has 192 valence electrons. The molecule has 0 spiro atoms. The predicted octanol–water partition coefficient (Wildman–Crippen LogP) is 3.37. The van der Waals surface area contributed by atoms with Crippen molar-refractivity contribution in [1.82, 2.24) is 10.2 Å². The third-order valence-corrected chi connectivity index (χ3v) is 5.92. The second-order valence-electron chi connectivity index (χ2n) is 9.70. The summed E-state index contributed by atoms with van der Waals surface area (Å²) < 4.78 is 10.9. The molecule has 3 rings (SSSR count). The number of ketones is 1. The summed E-state index contributed by atoms with van der Waals surface area (Å²) in [6, 6.07) is 8.88. The van der Waals surface area contributed by atoms with Crippen LogP contribution >= 0.6 is 0 Å². The summed E-state index contributed by atoms with van der Waals surface area (Å²) in [6.07, 6.45) is 0. The second kappa shape index (κ2) is 10.9. The first-order valence-corrected chi connectivity index (χ1v) is 11.8. The SMILES string of the molecule is CCOc1cc2c(cc1C(=O)NC)C(=N)N(CC(=O)c1cc(COCC(=O)O)cc(C(C)(C)C)c1)C2. The molecule has 0 aromatic heterocycles. The Labute approximate surface area is 210 Å². The number of carbonyl (C=O) groups excluding carboxylic acids is 2. The maximum atomic E-state index is 13.3. The highest BCUT2D eigenvalue weighted by Crippen LogP contribution is 2.31. The van der Waals surface area contributed by atoms with Crippen molar-refractivity contribution in [2.75, 3.05) is 26.8 Å². The van der Waals surface area contributed by atoms with Crippen molar-refractivity contribution in [3.05, 3.63) is 63.7 Å². The van der Waals surface area contributed by atoms with Gasteiger partial charge in [0.05, 0.1) is 25.3 Å². The van der Waals surface area contributed by atoms with Crippen LogP contribution in [0, 0.1) is 5.41 Å². The fourth-order valence-electron chi connectivity index (χ4n) is 4.04. The molecular weight excluding hydrogens is 462 g/mol. The smallest absolute Gasteiger partial charge is 0.329 e. The molecule has 0 bridgehead atoms. The summed E-state index contributed by atoms with van der Waals surface area (Å²) >= 11 is 0. The monoisotopic (exact) mass is 495 g/mol. The quantitative estimate of drug-likeness (QED) is 0.431. The fourth-order valence-corrected chi connectivity index (χ4v) is 4.04. The van der Waals surface area contributed by atoms with E-state index < -0.39 is 12.6 Å². The van der Waals surface area contributed by atoms with Gasteiger partial charge in [-0.05, 0) is 53.3 Å². The maximum Gasteiger partial charge on any atom is 0.329 e. The summed E-state index contributed by atoms with van der Waals surface area (Å²) in [5, 5.41) is 20.1. The number of amides is 1. The zero-order chi connectivity index (χ0) is 26.6. The molecule has 0 fully saturated rings. The lowest BCUT2D eigenvalue weighted by Crippen LogP contribution is -2.30. The first kappa shape index (κ1) is 26.9. The average molecular weight is 496 g/mol. The van der Waals surface area contributed by atoms with Gasteiger partial charge >= 0.3 is 5.97 Å². The fraction of sp³-hybridized carbons (Fsp3) is 0.407. The van der Waals surface area contributed by atoms with Crippen molar-refractivity contribution in [2.24, 2.45) is 0 Å². The number of nitrogens with zero attached hydrogens (tertiary/aromatic N) is 1. The molecule has 0 atom stereocenters. The lowest BCUT2D eigenvalue weighted by atomic mass is 9.84. The van der Waals surface area contributed by atoms with E-state index in [2.05, 4.69) is 5.32 Å². The van der Waals surface area contributed by atoms with Gasteiger partial charge in [0.2, 0.25) is 0 Å². The van der Waals surface area contributed by atoms with Crippen LogP contribution < -0.4 is 10.1 Å². The number of carboxylic acids is 1. The van der Waals surface area contributed by atoms with Gasteiger partial charge in [0, 0.05) is 24.7 Å². The van der Waals surface area contributed by atoms with Crippen LogP contribution in [-0.2, 0) is 28.1 Å². The number of amidine groups is 1. The van der Waals surface area contributed by atoms with E-state index in [4.69, 9.17) is 20.0 Å². The molecule has 1 aliphatic rings. The number of hydrogen-bond acceptors (Lipinski definition) is 6. The van der Waals surface area contributed by atoms with Crippen LogP contribution in [0.5, 0.6) is 5.75 Å². The van der Waals surface area contributed by atoms with E-state index in [9.17, 15) is 14.4 Å². The number of carbonyl (C=O) groups is 3. The summed E-state index contributed by atoms with van der Waals surface area (Å²) in [5.41, 5.74) is 3.63. The van der Waals surface area contributed by atoms with Crippen LogP contribution in [0.25, 0.3) is 0 Å². The van der Waals surface area contributed by atoms with Gasteiger partial charge in [-0.1, -0.05) is 26.8 Å². The molecule has 1 amide bonds. The Balaban J connectivity index is 1.85. The van der Waals surface area contributed by atoms with Crippen LogP contribution in [0.4, 0.5) is 0 Å². The first-order valence-electron chi connectivity index (χ1n) is 11.8. The summed E-state index contributed by atoms with van der Waals surface area (Å²) in [4.78, 5) is 38.2. The summed E-state index contributed by atoms with van der Waals surface area (Å²) in [7, 11) is 1.54. The van der Waals surface area contributed by atoms with Crippen molar-refractivity contribution in [3.8, 4) is 5.75 Å². The molecule has 1 heterocycles. The van der Waals surface area contributed by atoms with Gasteiger partial charge in [-0.3, -0.25) is 15.0 Å². The van der Waals surface area contributed by atoms with Crippen LogP contribution in [0.3, 0.4) is 0 Å². The Morgan fingerprint density at radius 3 is 2.47 bits per heavy atom. The molecule has 9 heteroatoms. The van der Waals surface area contributed by atoms with E-state index in [1.807, 2.05) is 39.8 Å². The molecule has 36 heavy (non-hydrogen) atoms. The average Bonchev–Trinajstić information content (AvgIpc) is 3.11. The zero-order valence-corrected chi connectivity index (χ0v) is 21.4. The molecule has 0 unspecified atom stereocenters. The number of Topliss-reactive ketones (excluding diaryl/α,β-unsaturated/α-hetero) is 1. The Hall–Kier alpha value is -3.72. The van der Waals surface area contributed by atoms with Crippen LogP contribution in [0.2, 0.25) is 0 Å². The Morgan fingerprint density at radius 2 is 1.86 bits per heavy atom. The van der Waals surface area contributed by atoms with Crippen LogP contribution in [0.1, 0.15) is 70.7 Å². The van der Waals surface area contributed by atoms with Gasteiger partial charge in [-0.15, -0.1) is 0 Å². The number of nitrogens with one attached hydrogen (secondary N) is 2. The number of benzene rings is 2. The molecule has 2 aromatic rings. The third-order valence-electron chi connectivity index (χ3n) is 5.92. The molecule has 1 aliphatic heterocycles. The number of rotatable bonds is 10. The highest BCUT2D eigenvalue weighted by molar-refractivity contribution is 6.07. The van der Waals surface area contributed by atoms with Gasteiger partial charge in [0.15, 0.2) is 5.78 Å². The molecule has 2 aromatic carbocycles. The standard InChI is InChI=1S/C27H33N3O6/c1-6-36-23-10-18-12-30(25(28)20(18)11-21(23)26(34)29-5)13-22(31)17-7-16(14-35-15-24(32)33)8-19(9-17)27(2,3)4/h7-11,28H,6,12-15H2,1-5H3,(H,29,34)(H,32,33). The predicted molar refractivity (Wildman–Crippen MR) is 135 cm³/mol. The van der Waals surface area contributed by atoms with Crippen molar-refractivity contribution < 1.29 is 29.0 Å². The number of hydrogen-bond donors (Lipinski definition) is 3. The number of aliphatic carboxylic acids is 1. The van der Waals surface area contributed by atoms with Crippen molar-refractivity contribution >= 4 is 23.5 Å². The molecule has 9 nitrogen and oxygen atoms in total. The number of carboxylic acid groups (broad SMARTS) is 1. The molecule has 0 saturated carbocycles. The number of ether oxygens (including phenoxy) is 2. The number of fused-ring (bicyclic) bond motifs is 1. The molecule has 3 N–H and O–H groups in total. The molecule has 0 radical (unpaired) electrons. The van der Waals surface area contributed by atoms with E-state index in [-0.39, 0.29) is 36.1 Å². The topological polar surface area (TPSA) is 129 Å². The lowest BCUT2D eigenvalue weighted by molar-refractivity contribution is -0.142. The minimum Gasteiger partial charge on any atom is -0.493 e. The maximum absolute atomic E-state index is 13.3. The largest absolute Gasteiger partial charge is 0.493 e. The second-order valence-corrected chi connectivity index (χ2v) is 9.70. The molecule has 0 saturated heterocycles.